The quantitative estimate of drug-likeness (QED) is 0.752. The first-order chi connectivity index (χ1) is 5.96. The van der Waals surface area contributed by atoms with Crippen molar-refractivity contribution in [2.45, 2.75) is 25.7 Å². The summed E-state index contributed by atoms with van der Waals surface area (Å²) in [4.78, 5) is 0. The van der Waals surface area contributed by atoms with Crippen LogP contribution in [0.15, 0.2) is 24.3 Å². The predicted octanol–water partition coefficient (Wildman–Crippen LogP) is 2.93. The minimum Gasteiger partial charge on any atom is -0.508 e. The summed E-state index contributed by atoms with van der Waals surface area (Å²) in [5.41, 5.74) is -1.02. The van der Waals surface area contributed by atoms with Crippen LogP contribution in [0.25, 0.3) is 0 Å². The third-order valence-corrected chi connectivity index (χ3v) is 2.14. The molecule has 13 heavy (non-hydrogen) atoms. The lowest BCUT2D eigenvalue weighted by Gasteiger charge is -2.24. The third kappa shape index (κ3) is 1.79. The largest absolute Gasteiger partial charge is 0.508 e. The smallest absolute Gasteiger partial charge is 0.247 e. The highest BCUT2D eigenvalue weighted by atomic mass is 19.3. The van der Waals surface area contributed by atoms with Gasteiger partial charge in [-0.25, -0.2) is 8.78 Å². The van der Waals surface area contributed by atoms with Crippen molar-refractivity contribution in [3.8, 4) is 5.75 Å². The molecular weight excluding hydrogens is 174 g/mol. The van der Waals surface area contributed by atoms with Gasteiger partial charge in [-0.3, -0.25) is 0 Å². The first-order valence-electron chi connectivity index (χ1n) is 4.03. The van der Waals surface area contributed by atoms with E-state index in [-0.39, 0.29) is 11.3 Å². The Labute approximate surface area is 76.0 Å². The van der Waals surface area contributed by atoms with E-state index < -0.39 is 11.8 Å². The van der Waals surface area contributed by atoms with Crippen LogP contribution < -0.4 is 0 Å². The highest BCUT2D eigenvalue weighted by molar-refractivity contribution is 5.37. The van der Waals surface area contributed by atoms with Gasteiger partial charge >= 0.3 is 0 Å². The topological polar surface area (TPSA) is 20.2 Å². The minimum absolute atomic E-state index is 0.0761. The SMILES string of the molecule is CC(C)(c1ccccc1O)C(F)F. The van der Waals surface area contributed by atoms with Crippen LogP contribution in [0.3, 0.4) is 0 Å². The van der Waals surface area contributed by atoms with E-state index >= 15 is 0 Å². The van der Waals surface area contributed by atoms with Crippen LogP contribution in [0.2, 0.25) is 0 Å². The molecule has 0 amide bonds. The van der Waals surface area contributed by atoms with E-state index in [0.717, 1.165) is 0 Å². The zero-order valence-electron chi connectivity index (χ0n) is 7.59. The van der Waals surface area contributed by atoms with Crippen LogP contribution in [0, 0.1) is 0 Å². The number of aromatic hydroxyl groups is 1. The maximum absolute atomic E-state index is 12.6. The highest BCUT2D eigenvalue weighted by Gasteiger charge is 2.33. The average molecular weight is 186 g/mol. The van der Waals surface area contributed by atoms with Gasteiger partial charge in [0.25, 0.3) is 0 Å². The molecule has 0 saturated heterocycles. The molecule has 0 unspecified atom stereocenters. The second kappa shape index (κ2) is 3.32. The molecule has 0 radical (unpaired) electrons. The minimum atomic E-state index is -2.49. The monoisotopic (exact) mass is 186 g/mol. The predicted molar refractivity (Wildman–Crippen MR) is 47.1 cm³/mol. The van der Waals surface area contributed by atoms with Gasteiger partial charge in [-0.2, -0.15) is 0 Å². The molecule has 0 fully saturated rings. The molecule has 1 rings (SSSR count). The molecule has 0 atom stereocenters. The molecule has 3 heteroatoms. The zero-order chi connectivity index (χ0) is 10.1. The fraction of sp³-hybridized carbons (Fsp3) is 0.400. The Morgan fingerprint density at radius 2 is 1.77 bits per heavy atom. The summed E-state index contributed by atoms with van der Waals surface area (Å²) < 4.78 is 25.1. The van der Waals surface area contributed by atoms with Crippen molar-refractivity contribution in [1.29, 1.82) is 0 Å². The number of alkyl halides is 2. The van der Waals surface area contributed by atoms with Gasteiger partial charge in [0, 0.05) is 5.56 Å². The zero-order valence-corrected chi connectivity index (χ0v) is 7.59. The molecule has 1 aromatic rings. The van der Waals surface area contributed by atoms with Crippen molar-refractivity contribution >= 4 is 0 Å². The van der Waals surface area contributed by atoms with E-state index in [9.17, 15) is 13.9 Å². The summed E-state index contributed by atoms with van der Waals surface area (Å²) in [7, 11) is 0. The lowest BCUT2D eigenvalue weighted by Crippen LogP contribution is -2.26. The molecule has 1 nitrogen and oxygen atoms in total. The van der Waals surface area contributed by atoms with Gasteiger partial charge in [0.05, 0.1) is 5.41 Å². The fourth-order valence-electron chi connectivity index (χ4n) is 1.14. The first kappa shape index (κ1) is 9.96. The highest BCUT2D eigenvalue weighted by Crippen LogP contribution is 2.35. The van der Waals surface area contributed by atoms with Crippen molar-refractivity contribution < 1.29 is 13.9 Å². The molecule has 0 aliphatic rings. The van der Waals surface area contributed by atoms with Crippen LogP contribution in [0.5, 0.6) is 5.75 Å². The third-order valence-electron chi connectivity index (χ3n) is 2.14. The van der Waals surface area contributed by atoms with Crippen LogP contribution in [0.4, 0.5) is 8.78 Å². The molecule has 0 aliphatic heterocycles. The van der Waals surface area contributed by atoms with Crippen LogP contribution in [0.1, 0.15) is 19.4 Å². The summed E-state index contributed by atoms with van der Waals surface area (Å²) >= 11 is 0. The number of hydrogen-bond acceptors (Lipinski definition) is 1. The Kier molecular flexibility index (Phi) is 2.55. The van der Waals surface area contributed by atoms with Crippen LogP contribution in [-0.2, 0) is 5.41 Å². The molecule has 1 aromatic carbocycles. The molecule has 72 valence electrons. The standard InChI is InChI=1S/C10H12F2O/c1-10(2,9(11)12)7-5-3-4-6-8(7)13/h3-6,9,13H,1-2H3. The Balaban J connectivity index is 3.14. The van der Waals surface area contributed by atoms with Gasteiger partial charge in [0.2, 0.25) is 6.43 Å². The fourth-order valence-corrected chi connectivity index (χ4v) is 1.14. The van der Waals surface area contributed by atoms with Gasteiger partial charge in [-0.1, -0.05) is 32.0 Å². The van der Waals surface area contributed by atoms with E-state index in [4.69, 9.17) is 0 Å². The van der Waals surface area contributed by atoms with Gasteiger partial charge in [0.1, 0.15) is 5.75 Å². The molecule has 0 spiro atoms. The lowest BCUT2D eigenvalue weighted by atomic mass is 9.84. The van der Waals surface area contributed by atoms with Crippen LogP contribution >= 0.6 is 0 Å². The van der Waals surface area contributed by atoms with Gasteiger partial charge in [0.15, 0.2) is 0 Å². The maximum Gasteiger partial charge on any atom is 0.247 e. The van der Waals surface area contributed by atoms with Crippen molar-refractivity contribution in [3.05, 3.63) is 29.8 Å². The maximum atomic E-state index is 12.6. The Bertz CT molecular complexity index is 295. The first-order valence-corrected chi connectivity index (χ1v) is 4.03. The molecular formula is C10H12F2O. The number of phenolic OH excluding ortho intramolecular Hbond substituents is 1. The Hall–Kier alpha value is -1.12. The molecule has 0 bridgehead atoms. The second-order valence-electron chi connectivity index (χ2n) is 3.54. The normalized spacial score (nSPS) is 12.1. The van der Waals surface area contributed by atoms with Crippen LogP contribution in [-0.4, -0.2) is 11.5 Å². The van der Waals surface area contributed by atoms with Crippen molar-refractivity contribution in [2.24, 2.45) is 0 Å². The second-order valence-corrected chi connectivity index (χ2v) is 3.54. The summed E-state index contributed by atoms with van der Waals surface area (Å²) in [6.45, 7) is 2.82. The summed E-state index contributed by atoms with van der Waals surface area (Å²) in [6, 6.07) is 6.18. The summed E-state index contributed by atoms with van der Waals surface area (Å²) in [6.07, 6.45) is -2.49. The number of halogens is 2. The van der Waals surface area contributed by atoms with Crippen molar-refractivity contribution in [2.75, 3.05) is 0 Å². The number of rotatable bonds is 2. The lowest BCUT2D eigenvalue weighted by molar-refractivity contribution is 0.0680. The average Bonchev–Trinajstić information content (AvgIpc) is 2.04. The van der Waals surface area contributed by atoms with Crippen molar-refractivity contribution in [1.82, 2.24) is 0 Å². The Morgan fingerprint density at radius 1 is 1.23 bits per heavy atom. The number of phenols is 1. The molecule has 0 aliphatic carbocycles. The molecule has 0 heterocycles. The summed E-state index contributed by atoms with van der Waals surface area (Å²) in [5, 5.41) is 9.36. The number of hydrogen-bond donors (Lipinski definition) is 1. The van der Waals surface area contributed by atoms with Gasteiger partial charge in [-0.05, 0) is 6.07 Å². The van der Waals surface area contributed by atoms with E-state index in [1.165, 1.54) is 26.0 Å². The number of para-hydroxylation sites is 1. The van der Waals surface area contributed by atoms with E-state index in [0.29, 0.717) is 0 Å². The van der Waals surface area contributed by atoms with Crippen molar-refractivity contribution in [3.63, 3.8) is 0 Å². The van der Waals surface area contributed by atoms with E-state index in [1.807, 2.05) is 0 Å². The molecule has 0 saturated carbocycles. The Morgan fingerprint density at radius 3 is 2.23 bits per heavy atom. The van der Waals surface area contributed by atoms with Gasteiger partial charge < -0.3 is 5.11 Å². The molecule has 1 N–H and O–H groups in total. The van der Waals surface area contributed by atoms with Gasteiger partial charge in [-0.15, -0.1) is 0 Å². The number of benzene rings is 1. The van der Waals surface area contributed by atoms with E-state index in [2.05, 4.69) is 0 Å². The summed E-state index contributed by atoms with van der Waals surface area (Å²) in [5.74, 6) is -0.0761. The molecule has 0 aromatic heterocycles. The van der Waals surface area contributed by atoms with E-state index in [1.54, 1.807) is 12.1 Å².